The van der Waals surface area contributed by atoms with Crippen LogP contribution in [0.2, 0.25) is 0 Å². The van der Waals surface area contributed by atoms with Crippen molar-refractivity contribution in [2.24, 2.45) is 0 Å². The fourth-order valence-corrected chi connectivity index (χ4v) is 6.15. The average Bonchev–Trinajstić information content (AvgIpc) is 3.02. The molecule has 3 rings (SSSR count). The Kier molecular flexibility index (Phi) is 15.8. The summed E-state index contributed by atoms with van der Waals surface area (Å²) in [6.45, 7) is 12.9. The molecule has 0 aliphatic carbocycles. The van der Waals surface area contributed by atoms with Crippen LogP contribution in [0.5, 0.6) is 11.5 Å². The third kappa shape index (κ3) is 12.2. The number of likely N-dealkylation sites (N-methyl/N-ethyl adjacent to an activating group) is 1. The van der Waals surface area contributed by atoms with Gasteiger partial charge in [0.2, 0.25) is 0 Å². The Hall–Kier alpha value is -2.90. The van der Waals surface area contributed by atoms with Gasteiger partial charge in [-0.05, 0) is 113 Å². The van der Waals surface area contributed by atoms with Crippen LogP contribution in [0.3, 0.4) is 0 Å². The van der Waals surface area contributed by atoms with E-state index in [1.807, 2.05) is 24.3 Å². The molecule has 0 aliphatic rings. The number of benzene rings is 3. The summed E-state index contributed by atoms with van der Waals surface area (Å²) in [5, 5.41) is 23.6. The standard InChI is InChI=1S/C38H58N4O2/c1-6-22-39-28-34(25-31-12-10-9-11-13-31)41(23-7-2)30-36(27-33-16-20-38(44)21-17-33)42(24-8-3)29-35(40(4)5)26-32-14-18-37(43)19-15-32/h9-21,34-36,39,43-44H,6-8,22-30H2,1-5H3. The molecular formula is C38H58N4O2. The summed E-state index contributed by atoms with van der Waals surface area (Å²) in [6, 6.07) is 27.5. The van der Waals surface area contributed by atoms with Crippen molar-refractivity contribution in [2.75, 3.05) is 53.4 Å². The number of aromatic hydroxyl groups is 2. The van der Waals surface area contributed by atoms with Gasteiger partial charge in [0.15, 0.2) is 0 Å². The van der Waals surface area contributed by atoms with Crippen LogP contribution in [0.25, 0.3) is 0 Å². The maximum atomic E-state index is 10.0. The van der Waals surface area contributed by atoms with Gasteiger partial charge in [-0.2, -0.15) is 0 Å². The van der Waals surface area contributed by atoms with E-state index < -0.39 is 0 Å². The molecule has 0 bridgehead atoms. The summed E-state index contributed by atoms with van der Waals surface area (Å²) >= 11 is 0. The highest BCUT2D eigenvalue weighted by molar-refractivity contribution is 5.27. The molecule has 0 amide bonds. The Morgan fingerprint density at radius 1 is 0.568 bits per heavy atom. The minimum absolute atomic E-state index is 0.311. The largest absolute Gasteiger partial charge is 0.508 e. The maximum absolute atomic E-state index is 10.0. The fraction of sp³-hybridized carbons (Fsp3) is 0.526. The first kappa shape index (κ1) is 35.6. The summed E-state index contributed by atoms with van der Waals surface area (Å²) in [6.07, 6.45) is 6.21. The monoisotopic (exact) mass is 602 g/mol. The average molecular weight is 603 g/mol. The molecule has 0 saturated carbocycles. The molecule has 0 aliphatic heterocycles. The van der Waals surface area contributed by atoms with Gasteiger partial charge < -0.3 is 20.4 Å². The van der Waals surface area contributed by atoms with Crippen LogP contribution in [-0.4, -0.2) is 96.4 Å². The molecule has 44 heavy (non-hydrogen) atoms. The van der Waals surface area contributed by atoms with Crippen molar-refractivity contribution in [3.63, 3.8) is 0 Å². The van der Waals surface area contributed by atoms with Gasteiger partial charge in [-0.1, -0.05) is 75.4 Å². The lowest BCUT2D eigenvalue weighted by Crippen LogP contribution is -2.54. The lowest BCUT2D eigenvalue weighted by Gasteiger charge is -2.41. The van der Waals surface area contributed by atoms with E-state index in [-0.39, 0.29) is 0 Å². The molecular weight excluding hydrogens is 544 g/mol. The minimum atomic E-state index is 0.311. The van der Waals surface area contributed by atoms with Crippen molar-refractivity contribution in [3.8, 4) is 11.5 Å². The molecule has 0 heterocycles. The Bertz CT molecular complexity index is 1150. The number of nitrogens with zero attached hydrogens (tertiary/aromatic N) is 3. The van der Waals surface area contributed by atoms with Gasteiger partial charge in [0, 0.05) is 37.8 Å². The van der Waals surface area contributed by atoms with E-state index in [0.29, 0.717) is 29.6 Å². The number of hydrogen-bond donors (Lipinski definition) is 3. The van der Waals surface area contributed by atoms with Gasteiger partial charge in [-0.25, -0.2) is 0 Å². The highest BCUT2D eigenvalue weighted by Gasteiger charge is 2.28. The summed E-state index contributed by atoms with van der Waals surface area (Å²) in [4.78, 5) is 7.82. The molecule has 6 nitrogen and oxygen atoms in total. The van der Waals surface area contributed by atoms with E-state index in [1.54, 1.807) is 12.1 Å². The van der Waals surface area contributed by atoms with Crippen molar-refractivity contribution in [3.05, 3.63) is 95.6 Å². The van der Waals surface area contributed by atoms with Crippen molar-refractivity contribution in [1.29, 1.82) is 0 Å². The van der Waals surface area contributed by atoms with Gasteiger partial charge in [-0.3, -0.25) is 9.80 Å². The Morgan fingerprint density at radius 2 is 1.02 bits per heavy atom. The van der Waals surface area contributed by atoms with Crippen molar-refractivity contribution in [2.45, 2.75) is 77.4 Å². The van der Waals surface area contributed by atoms with E-state index in [9.17, 15) is 10.2 Å². The molecule has 0 fully saturated rings. The first-order valence-corrected chi connectivity index (χ1v) is 16.8. The van der Waals surface area contributed by atoms with E-state index >= 15 is 0 Å². The maximum Gasteiger partial charge on any atom is 0.115 e. The van der Waals surface area contributed by atoms with Gasteiger partial charge >= 0.3 is 0 Å². The van der Waals surface area contributed by atoms with Crippen molar-refractivity contribution in [1.82, 2.24) is 20.0 Å². The molecule has 3 unspecified atom stereocenters. The van der Waals surface area contributed by atoms with E-state index in [1.165, 1.54) is 16.7 Å². The van der Waals surface area contributed by atoms with E-state index in [2.05, 4.69) is 97.3 Å². The van der Waals surface area contributed by atoms with Crippen LogP contribution in [0.4, 0.5) is 0 Å². The number of nitrogens with one attached hydrogen (secondary N) is 1. The second-order valence-electron chi connectivity index (χ2n) is 12.5. The number of phenols is 2. The van der Waals surface area contributed by atoms with Crippen LogP contribution in [-0.2, 0) is 19.3 Å². The molecule has 0 saturated heterocycles. The van der Waals surface area contributed by atoms with Gasteiger partial charge in [0.05, 0.1) is 0 Å². The van der Waals surface area contributed by atoms with Crippen LogP contribution < -0.4 is 5.32 Å². The second-order valence-corrected chi connectivity index (χ2v) is 12.5. The smallest absolute Gasteiger partial charge is 0.115 e. The van der Waals surface area contributed by atoms with Crippen LogP contribution in [0.1, 0.15) is 56.7 Å². The molecule has 3 aromatic rings. The number of hydrogen-bond acceptors (Lipinski definition) is 6. The summed E-state index contributed by atoms with van der Waals surface area (Å²) in [5.41, 5.74) is 3.89. The Balaban J connectivity index is 1.93. The SMILES string of the molecule is CCCNCC(Cc1ccccc1)N(CCC)CC(Cc1ccc(O)cc1)N(CCC)CC(Cc1ccc(O)cc1)N(C)C. The lowest BCUT2D eigenvalue weighted by atomic mass is 9.98. The minimum Gasteiger partial charge on any atom is -0.508 e. The van der Waals surface area contributed by atoms with Gasteiger partial charge in [0.1, 0.15) is 11.5 Å². The van der Waals surface area contributed by atoms with E-state index in [0.717, 1.165) is 77.8 Å². The Morgan fingerprint density at radius 3 is 1.52 bits per heavy atom. The van der Waals surface area contributed by atoms with Crippen LogP contribution >= 0.6 is 0 Å². The predicted molar refractivity (Wildman–Crippen MR) is 186 cm³/mol. The predicted octanol–water partition coefficient (Wildman–Crippen LogP) is 6.22. The van der Waals surface area contributed by atoms with Crippen LogP contribution in [0.15, 0.2) is 78.9 Å². The van der Waals surface area contributed by atoms with Crippen LogP contribution in [0, 0.1) is 0 Å². The van der Waals surface area contributed by atoms with Crippen molar-refractivity contribution >= 4 is 0 Å². The highest BCUT2D eigenvalue weighted by Crippen LogP contribution is 2.20. The molecule has 3 aromatic carbocycles. The van der Waals surface area contributed by atoms with Gasteiger partial charge in [-0.15, -0.1) is 0 Å². The topological polar surface area (TPSA) is 62.2 Å². The summed E-state index contributed by atoms with van der Waals surface area (Å²) in [7, 11) is 4.37. The number of rotatable bonds is 21. The third-order valence-corrected chi connectivity index (χ3v) is 8.61. The summed E-state index contributed by atoms with van der Waals surface area (Å²) < 4.78 is 0. The molecule has 6 heteroatoms. The highest BCUT2D eigenvalue weighted by atomic mass is 16.3. The second kappa shape index (κ2) is 19.5. The molecule has 3 N–H and O–H groups in total. The molecule has 0 spiro atoms. The zero-order chi connectivity index (χ0) is 31.7. The number of phenolic OH excluding ortho intramolecular Hbond substituents is 2. The molecule has 242 valence electrons. The van der Waals surface area contributed by atoms with E-state index in [4.69, 9.17) is 0 Å². The van der Waals surface area contributed by atoms with Crippen molar-refractivity contribution < 1.29 is 10.2 Å². The molecule has 0 aromatic heterocycles. The lowest BCUT2D eigenvalue weighted by molar-refractivity contribution is 0.0863. The quantitative estimate of drug-likeness (QED) is 0.126. The fourth-order valence-electron chi connectivity index (χ4n) is 6.15. The first-order chi connectivity index (χ1) is 21.3. The molecule has 0 radical (unpaired) electrons. The van der Waals surface area contributed by atoms with Gasteiger partial charge in [0.25, 0.3) is 0 Å². The zero-order valence-corrected chi connectivity index (χ0v) is 28.0. The first-order valence-electron chi connectivity index (χ1n) is 16.8. The molecule has 3 atom stereocenters. The summed E-state index contributed by atoms with van der Waals surface area (Å²) in [5.74, 6) is 0.626. The zero-order valence-electron chi connectivity index (χ0n) is 28.0. The third-order valence-electron chi connectivity index (χ3n) is 8.61. The Labute approximate surface area is 267 Å². The normalized spacial score (nSPS) is 13.9.